The summed E-state index contributed by atoms with van der Waals surface area (Å²) >= 11 is 1.53. The average molecular weight is 425 g/mol. The van der Waals surface area contributed by atoms with Gasteiger partial charge in [-0.1, -0.05) is 81.0 Å². The first kappa shape index (κ1) is 25.8. The van der Waals surface area contributed by atoms with Crippen LogP contribution >= 0.6 is 11.8 Å². The second-order valence-corrected chi connectivity index (χ2v) is 12.7. The third kappa shape index (κ3) is 6.65. The minimum atomic E-state index is -0.950. The van der Waals surface area contributed by atoms with Crippen LogP contribution in [-0.2, 0) is 20.4 Å². The van der Waals surface area contributed by atoms with E-state index in [1.807, 2.05) is 46.8 Å². The fraction of sp³-hybridized carbons (Fsp3) is 0.708. The molecule has 1 aromatic carbocycles. The molecule has 0 radical (unpaired) electrons. The highest BCUT2D eigenvalue weighted by molar-refractivity contribution is 8.00. The number of benzene rings is 1. The number of aromatic hydroxyl groups is 1. The van der Waals surface area contributed by atoms with Gasteiger partial charge >= 0.3 is 5.97 Å². The van der Waals surface area contributed by atoms with E-state index in [0.717, 1.165) is 16.0 Å². The van der Waals surface area contributed by atoms with E-state index in [2.05, 4.69) is 41.5 Å². The molecule has 2 atom stereocenters. The number of thioether (sulfide) groups is 1. The van der Waals surface area contributed by atoms with Crippen LogP contribution < -0.4 is 0 Å². The maximum atomic E-state index is 11.8. The van der Waals surface area contributed by atoms with Crippen LogP contribution in [0.5, 0.6) is 5.75 Å². The van der Waals surface area contributed by atoms with E-state index < -0.39 is 22.4 Å². The Labute approximate surface area is 181 Å². The van der Waals surface area contributed by atoms with Crippen LogP contribution in [0.4, 0.5) is 0 Å². The van der Waals surface area contributed by atoms with Gasteiger partial charge in [0.05, 0.1) is 0 Å². The number of carboxylic acid groups (broad SMARTS) is 1. The number of rotatable bonds is 6. The van der Waals surface area contributed by atoms with Crippen molar-refractivity contribution in [3.63, 3.8) is 0 Å². The first-order valence-electron chi connectivity index (χ1n) is 10.3. The molecule has 0 bridgehead atoms. The van der Waals surface area contributed by atoms with Crippen LogP contribution in [-0.4, -0.2) is 27.2 Å². The molecule has 0 aliphatic rings. The van der Waals surface area contributed by atoms with Crippen LogP contribution in [0.25, 0.3) is 0 Å². The van der Waals surface area contributed by atoms with Gasteiger partial charge in [0.25, 0.3) is 0 Å². The molecular weight excluding hydrogens is 384 g/mol. The largest absolute Gasteiger partial charge is 0.507 e. The van der Waals surface area contributed by atoms with Gasteiger partial charge in [-0.15, -0.1) is 0 Å². The third-order valence-electron chi connectivity index (χ3n) is 5.05. The van der Waals surface area contributed by atoms with Gasteiger partial charge < -0.3 is 14.9 Å². The van der Waals surface area contributed by atoms with Crippen molar-refractivity contribution in [1.29, 1.82) is 0 Å². The number of carbonyl (C=O) groups is 1. The lowest BCUT2D eigenvalue weighted by Crippen LogP contribution is -2.43. The molecule has 0 spiro atoms. The predicted molar refractivity (Wildman–Crippen MR) is 122 cm³/mol. The van der Waals surface area contributed by atoms with Gasteiger partial charge in [-0.05, 0) is 41.7 Å². The molecule has 0 heterocycles. The summed E-state index contributed by atoms with van der Waals surface area (Å²) in [5.74, 6) is -0.610. The zero-order valence-corrected chi connectivity index (χ0v) is 20.9. The van der Waals surface area contributed by atoms with Crippen LogP contribution in [0, 0.1) is 5.41 Å². The Balaban J connectivity index is 3.47. The number of phenolic OH excluding ortho intramolecular Hbond substituents is 1. The zero-order valence-electron chi connectivity index (χ0n) is 20.1. The van der Waals surface area contributed by atoms with Crippen molar-refractivity contribution in [1.82, 2.24) is 0 Å². The quantitative estimate of drug-likeness (QED) is 0.392. The van der Waals surface area contributed by atoms with E-state index in [0.29, 0.717) is 12.2 Å². The summed E-state index contributed by atoms with van der Waals surface area (Å²) in [6, 6.07) is 4.03. The summed E-state index contributed by atoms with van der Waals surface area (Å²) < 4.78 is 6.20. The standard InChI is InChI=1S/C24H40O4S/c1-12-24(11,28-19(20(26)27)23(8,9)10)29-15-13-16(21(2,3)4)18(25)17(14-15)22(5,6)7/h13-14,19,25H,12H2,1-11H3,(H,26,27)/t19-,24-/m1/s1. The number of hydrogen-bond acceptors (Lipinski definition) is 4. The highest BCUT2D eigenvalue weighted by atomic mass is 32.2. The number of phenols is 1. The van der Waals surface area contributed by atoms with E-state index >= 15 is 0 Å². The van der Waals surface area contributed by atoms with E-state index in [1.165, 1.54) is 11.8 Å². The molecule has 0 amide bonds. The number of ether oxygens (including phenoxy) is 1. The van der Waals surface area contributed by atoms with Crippen LogP contribution in [0.1, 0.15) is 93.7 Å². The molecule has 1 rings (SSSR count). The smallest absolute Gasteiger partial charge is 0.333 e. The molecule has 5 heteroatoms. The molecule has 0 aromatic heterocycles. The Kier molecular flexibility index (Phi) is 7.58. The van der Waals surface area contributed by atoms with Gasteiger partial charge in [0.15, 0.2) is 6.10 Å². The molecule has 0 aliphatic carbocycles. The van der Waals surface area contributed by atoms with Crippen molar-refractivity contribution in [2.24, 2.45) is 5.41 Å². The minimum absolute atomic E-state index is 0.223. The molecule has 4 nitrogen and oxygen atoms in total. The lowest BCUT2D eigenvalue weighted by Gasteiger charge is -2.37. The summed E-state index contributed by atoms with van der Waals surface area (Å²) in [6.07, 6.45) is -0.269. The van der Waals surface area contributed by atoms with Crippen LogP contribution in [0.3, 0.4) is 0 Å². The van der Waals surface area contributed by atoms with E-state index in [9.17, 15) is 15.0 Å². The molecule has 29 heavy (non-hydrogen) atoms. The Bertz CT molecular complexity index is 700. The fourth-order valence-electron chi connectivity index (χ4n) is 3.09. The van der Waals surface area contributed by atoms with E-state index in [-0.39, 0.29) is 10.8 Å². The topological polar surface area (TPSA) is 66.8 Å². The minimum Gasteiger partial charge on any atom is -0.507 e. The molecule has 0 unspecified atom stereocenters. The lowest BCUT2D eigenvalue weighted by atomic mass is 9.79. The lowest BCUT2D eigenvalue weighted by molar-refractivity contribution is -0.166. The summed E-state index contributed by atoms with van der Waals surface area (Å²) in [6.45, 7) is 22.1. The first-order chi connectivity index (χ1) is 12.8. The van der Waals surface area contributed by atoms with E-state index in [1.54, 1.807) is 0 Å². The Morgan fingerprint density at radius 2 is 1.38 bits per heavy atom. The normalized spacial score (nSPS) is 16.4. The van der Waals surface area contributed by atoms with Crippen molar-refractivity contribution in [2.45, 2.75) is 109 Å². The maximum Gasteiger partial charge on any atom is 0.333 e. The zero-order chi connectivity index (χ0) is 23.0. The summed E-state index contributed by atoms with van der Waals surface area (Å²) in [7, 11) is 0. The van der Waals surface area contributed by atoms with Crippen molar-refractivity contribution in [3.8, 4) is 5.75 Å². The van der Waals surface area contributed by atoms with E-state index in [4.69, 9.17) is 4.74 Å². The van der Waals surface area contributed by atoms with Crippen molar-refractivity contribution >= 4 is 17.7 Å². The second kappa shape index (κ2) is 8.50. The van der Waals surface area contributed by atoms with Gasteiger partial charge in [0, 0.05) is 16.0 Å². The van der Waals surface area contributed by atoms with Crippen LogP contribution in [0.2, 0.25) is 0 Å². The summed E-state index contributed by atoms with van der Waals surface area (Å²) in [5, 5.41) is 20.7. The highest BCUT2D eigenvalue weighted by Gasteiger charge is 2.39. The monoisotopic (exact) mass is 424 g/mol. The highest BCUT2D eigenvalue weighted by Crippen LogP contribution is 2.46. The third-order valence-corrected chi connectivity index (χ3v) is 6.34. The fourth-order valence-corrected chi connectivity index (χ4v) is 4.23. The second-order valence-electron chi connectivity index (χ2n) is 11.2. The van der Waals surface area contributed by atoms with Gasteiger partial charge in [-0.25, -0.2) is 4.79 Å². The van der Waals surface area contributed by atoms with Gasteiger partial charge in [0.1, 0.15) is 10.7 Å². The molecule has 0 aliphatic heterocycles. The molecule has 166 valence electrons. The van der Waals surface area contributed by atoms with Gasteiger partial charge in [-0.2, -0.15) is 0 Å². The number of hydrogen-bond donors (Lipinski definition) is 2. The SMILES string of the molecule is CC[C@](C)(O[C@H](C(=O)O)C(C)(C)C)Sc1cc(C(C)(C)C)c(O)c(C(C)(C)C)c1. The Hall–Kier alpha value is -1.20. The van der Waals surface area contributed by atoms with Crippen LogP contribution in [0.15, 0.2) is 17.0 Å². The molecule has 0 saturated carbocycles. The molecule has 0 fully saturated rings. The van der Waals surface area contributed by atoms with Crippen molar-refractivity contribution in [3.05, 3.63) is 23.3 Å². The van der Waals surface area contributed by atoms with Crippen molar-refractivity contribution < 1.29 is 19.7 Å². The average Bonchev–Trinajstić information content (AvgIpc) is 2.50. The molecule has 2 N–H and O–H groups in total. The van der Waals surface area contributed by atoms with Gasteiger partial charge in [-0.3, -0.25) is 0 Å². The molecular formula is C24H40O4S. The molecule has 1 aromatic rings. The predicted octanol–water partition coefficient (Wildman–Crippen LogP) is 6.72. The first-order valence-corrected chi connectivity index (χ1v) is 11.1. The number of carboxylic acids is 1. The number of aliphatic carboxylic acids is 1. The maximum absolute atomic E-state index is 11.8. The summed E-state index contributed by atoms with van der Waals surface area (Å²) in [5.41, 5.74) is 0.802. The Morgan fingerprint density at radius 3 is 1.66 bits per heavy atom. The molecule has 0 saturated heterocycles. The van der Waals surface area contributed by atoms with Gasteiger partial charge in [0.2, 0.25) is 0 Å². The Morgan fingerprint density at radius 1 is 0.966 bits per heavy atom. The van der Waals surface area contributed by atoms with Crippen molar-refractivity contribution in [2.75, 3.05) is 0 Å². The summed E-state index contributed by atoms with van der Waals surface area (Å²) in [4.78, 5) is 12.1.